The monoisotopic (exact) mass is 242 g/mol. The van der Waals surface area contributed by atoms with E-state index in [0.717, 1.165) is 38.8 Å². The number of rotatable bonds is 5. The maximum atomic E-state index is 11.9. The molecule has 0 aromatic rings. The van der Waals surface area contributed by atoms with Crippen molar-refractivity contribution in [1.82, 2.24) is 4.90 Å². The Kier molecular flexibility index (Phi) is 5.25. The molecule has 100 valence electrons. The van der Waals surface area contributed by atoms with E-state index in [2.05, 4.69) is 6.92 Å². The van der Waals surface area contributed by atoms with Crippen molar-refractivity contribution < 1.29 is 9.53 Å². The van der Waals surface area contributed by atoms with Crippen molar-refractivity contribution >= 4 is 6.09 Å². The lowest BCUT2D eigenvalue weighted by Crippen LogP contribution is -2.37. The van der Waals surface area contributed by atoms with Crippen LogP contribution in [0.15, 0.2) is 0 Å². The summed E-state index contributed by atoms with van der Waals surface area (Å²) in [6.07, 6.45) is 3.96. The van der Waals surface area contributed by atoms with Gasteiger partial charge in [-0.2, -0.15) is 0 Å². The number of carbonyl (C=O) groups excluding carboxylic acids is 1. The highest BCUT2D eigenvalue weighted by Crippen LogP contribution is 2.22. The molecule has 1 rings (SSSR count). The van der Waals surface area contributed by atoms with Crippen LogP contribution in [-0.4, -0.2) is 36.2 Å². The van der Waals surface area contributed by atoms with Crippen molar-refractivity contribution in [3.05, 3.63) is 0 Å². The molecule has 2 N–H and O–H groups in total. The molecule has 0 radical (unpaired) electrons. The van der Waals surface area contributed by atoms with Gasteiger partial charge in [-0.05, 0) is 45.6 Å². The third-order valence-electron chi connectivity index (χ3n) is 3.37. The first-order valence-electron chi connectivity index (χ1n) is 6.66. The fourth-order valence-corrected chi connectivity index (χ4v) is 2.15. The van der Waals surface area contributed by atoms with E-state index in [1.165, 1.54) is 0 Å². The number of carbonyl (C=O) groups is 1. The molecule has 0 aliphatic carbocycles. The Balaban J connectivity index is 2.38. The minimum absolute atomic E-state index is 0.179. The second-order valence-electron chi connectivity index (χ2n) is 5.57. The van der Waals surface area contributed by atoms with Crippen LogP contribution in [0.1, 0.15) is 46.5 Å². The normalized spacial score (nSPS) is 20.7. The van der Waals surface area contributed by atoms with Crippen LogP contribution in [0.25, 0.3) is 0 Å². The fraction of sp³-hybridized carbons (Fsp3) is 0.923. The minimum atomic E-state index is -0.353. The first-order chi connectivity index (χ1) is 7.98. The van der Waals surface area contributed by atoms with Gasteiger partial charge in [-0.1, -0.05) is 13.3 Å². The van der Waals surface area contributed by atoms with Crippen molar-refractivity contribution in [2.45, 2.75) is 52.1 Å². The molecule has 1 heterocycles. The van der Waals surface area contributed by atoms with E-state index in [-0.39, 0.29) is 11.7 Å². The van der Waals surface area contributed by atoms with Gasteiger partial charge in [0.25, 0.3) is 0 Å². The van der Waals surface area contributed by atoms with Gasteiger partial charge in [0, 0.05) is 13.1 Å². The third-order valence-corrected chi connectivity index (χ3v) is 3.37. The van der Waals surface area contributed by atoms with Crippen molar-refractivity contribution in [2.24, 2.45) is 11.7 Å². The summed E-state index contributed by atoms with van der Waals surface area (Å²) in [5.41, 5.74) is 5.26. The van der Waals surface area contributed by atoms with Gasteiger partial charge in [-0.15, -0.1) is 0 Å². The molecule has 0 spiro atoms. The summed E-state index contributed by atoms with van der Waals surface area (Å²) < 4.78 is 5.56. The predicted octanol–water partition coefficient (Wildman–Crippen LogP) is 2.37. The van der Waals surface area contributed by atoms with Gasteiger partial charge in [0.2, 0.25) is 0 Å². The molecule has 4 heteroatoms. The second kappa shape index (κ2) is 6.24. The van der Waals surface area contributed by atoms with E-state index >= 15 is 0 Å². The molecule has 17 heavy (non-hydrogen) atoms. The zero-order valence-corrected chi connectivity index (χ0v) is 11.4. The molecular formula is C13H26N2O2. The average molecular weight is 242 g/mol. The minimum Gasteiger partial charge on any atom is -0.443 e. The van der Waals surface area contributed by atoms with Gasteiger partial charge in [0.05, 0.1) is 0 Å². The third kappa shape index (κ3) is 4.54. The Hall–Kier alpha value is -0.770. The smallest absolute Gasteiger partial charge is 0.410 e. The van der Waals surface area contributed by atoms with Crippen molar-refractivity contribution in [3.63, 3.8) is 0 Å². The van der Waals surface area contributed by atoms with E-state index in [9.17, 15) is 4.79 Å². The van der Waals surface area contributed by atoms with Gasteiger partial charge in [0.15, 0.2) is 0 Å². The van der Waals surface area contributed by atoms with E-state index in [1.807, 2.05) is 13.8 Å². The van der Waals surface area contributed by atoms with Gasteiger partial charge in [0.1, 0.15) is 5.60 Å². The zero-order chi connectivity index (χ0) is 12.9. The van der Waals surface area contributed by atoms with Crippen LogP contribution in [0.2, 0.25) is 0 Å². The predicted molar refractivity (Wildman–Crippen MR) is 68.8 cm³/mol. The van der Waals surface area contributed by atoms with Crippen LogP contribution in [0, 0.1) is 5.92 Å². The van der Waals surface area contributed by atoms with E-state index < -0.39 is 0 Å². The number of ether oxygens (including phenoxy) is 1. The second-order valence-corrected chi connectivity index (χ2v) is 5.57. The number of nitrogens with two attached hydrogens (primary N) is 1. The Labute approximate surface area is 104 Å². The number of amides is 1. The Morgan fingerprint density at radius 2 is 2.24 bits per heavy atom. The van der Waals surface area contributed by atoms with Gasteiger partial charge in [-0.3, -0.25) is 0 Å². The van der Waals surface area contributed by atoms with Crippen LogP contribution in [0.5, 0.6) is 0 Å². The van der Waals surface area contributed by atoms with E-state index in [1.54, 1.807) is 4.90 Å². The van der Waals surface area contributed by atoms with Crippen molar-refractivity contribution in [2.75, 3.05) is 19.6 Å². The largest absolute Gasteiger partial charge is 0.443 e. The van der Waals surface area contributed by atoms with E-state index in [0.29, 0.717) is 12.5 Å². The highest BCUT2D eigenvalue weighted by molar-refractivity contribution is 5.68. The molecule has 0 aromatic carbocycles. The molecule has 0 unspecified atom stereocenters. The quantitative estimate of drug-likeness (QED) is 0.805. The standard InChI is InChI=1S/C13H26N2O2/c1-4-5-7-13(2,3)17-12(16)15-8-6-11(9-14)10-15/h11H,4-10,14H2,1-3H3/t11-/m0/s1. The first kappa shape index (κ1) is 14.3. The summed E-state index contributed by atoms with van der Waals surface area (Å²) >= 11 is 0. The van der Waals surface area contributed by atoms with Gasteiger partial charge in [-0.25, -0.2) is 4.79 Å². The van der Waals surface area contributed by atoms with Crippen LogP contribution in [-0.2, 0) is 4.74 Å². The molecule has 1 aliphatic rings. The Bertz CT molecular complexity index is 254. The average Bonchev–Trinajstić information content (AvgIpc) is 2.74. The SMILES string of the molecule is CCCCC(C)(C)OC(=O)N1CC[C@@H](CN)C1. The van der Waals surface area contributed by atoms with E-state index in [4.69, 9.17) is 10.5 Å². The molecule has 0 saturated carbocycles. The summed E-state index contributed by atoms with van der Waals surface area (Å²) in [7, 11) is 0. The Morgan fingerprint density at radius 3 is 2.76 bits per heavy atom. The number of hydrogen-bond acceptors (Lipinski definition) is 3. The Morgan fingerprint density at radius 1 is 1.53 bits per heavy atom. The maximum Gasteiger partial charge on any atom is 0.410 e. The van der Waals surface area contributed by atoms with Gasteiger partial charge >= 0.3 is 6.09 Å². The highest BCUT2D eigenvalue weighted by atomic mass is 16.6. The lowest BCUT2D eigenvalue weighted by atomic mass is 10.0. The molecule has 1 saturated heterocycles. The van der Waals surface area contributed by atoms with Crippen LogP contribution >= 0.6 is 0 Å². The molecule has 1 fully saturated rings. The van der Waals surface area contributed by atoms with Crippen molar-refractivity contribution in [3.8, 4) is 0 Å². The van der Waals surface area contributed by atoms with Crippen LogP contribution in [0.3, 0.4) is 0 Å². The number of unbranched alkanes of at least 4 members (excludes halogenated alkanes) is 1. The first-order valence-corrected chi connectivity index (χ1v) is 6.66. The summed E-state index contributed by atoms with van der Waals surface area (Å²) in [5.74, 6) is 0.446. The lowest BCUT2D eigenvalue weighted by Gasteiger charge is -2.28. The van der Waals surface area contributed by atoms with Crippen LogP contribution in [0.4, 0.5) is 4.79 Å². The summed E-state index contributed by atoms with van der Waals surface area (Å²) in [4.78, 5) is 13.7. The highest BCUT2D eigenvalue weighted by Gasteiger charge is 2.30. The topological polar surface area (TPSA) is 55.6 Å². The summed E-state index contributed by atoms with van der Waals surface area (Å²) in [6.45, 7) is 8.30. The molecular weight excluding hydrogens is 216 g/mol. The molecule has 1 atom stereocenters. The van der Waals surface area contributed by atoms with Gasteiger partial charge < -0.3 is 15.4 Å². The van der Waals surface area contributed by atoms with Crippen LogP contribution < -0.4 is 5.73 Å². The molecule has 4 nitrogen and oxygen atoms in total. The number of hydrogen-bond donors (Lipinski definition) is 1. The summed E-state index contributed by atoms with van der Waals surface area (Å²) in [5, 5.41) is 0. The summed E-state index contributed by atoms with van der Waals surface area (Å²) in [6, 6.07) is 0. The maximum absolute atomic E-state index is 11.9. The lowest BCUT2D eigenvalue weighted by molar-refractivity contribution is 0.0105. The molecule has 0 bridgehead atoms. The molecule has 1 aliphatic heterocycles. The fourth-order valence-electron chi connectivity index (χ4n) is 2.15. The van der Waals surface area contributed by atoms with Crippen molar-refractivity contribution in [1.29, 1.82) is 0 Å². The molecule has 0 aromatic heterocycles. The molecule has 1 amide bonds. The number of nitrogens with zero attached hydrogens (tertiary/aromatic N) is 1. The number of likely N-dealkylation sites (tertiary alicyclic amines) is 1. The zero-order valence-electron chi connectivity index (χ0n) is 11.4.